The van der Waals surface area contributed by atoms with Crippen LogP contribution in [0.1, 0.15) is 36.5 Å². The van der Waals surface area contributed by atoms with E-state index >= 15 is 0 Å². The lowest BCUT2D eigenvalue weighted by molar-refractivity contribution is -0.134. The number of urea groups is 1. The van der Waals surface area contributed by atoms with Gasteiger partial charge in [0, 0.05) is 26.7 Å². The summed E-state index contributed by atoms with van der Waals surface area (Å²) in [5.74, 6) is 0.0179. The zero-order chi connectivity index (χ0) is 20.1. The minimum atomic E-state index is -0.819. The molecule has 2 aliphatic rings. The number of nitrogens with zero attached hydrogens (tertiary/aromatic N) is 4. The first-order chi connectivity index (χ1) is 13.3. The Morgan fingerprint density at radius 1 is 1.21 bits per heavy atom. The van der Waals surface area contributed by atoms with E-state index in [0.717, 1.165) is 10.2 Å². The number of hydrogen-bond acceptors (Lipinski definition) is 5. The van der Waals surface area contributed by atoms with Gasteiger partial charge in [-0.1, -0.05) is 26.0 Å². The average molecular weight is 401 g/mol. The number of amides is 4. The number of aromatic nitrogens is 1. The first kappa shape index (κ1) is 18.9. The van der Waals surface area contributed by atoms with Crippen LogP contribution in [0.5, 0.6) is 0 Å². The van der Waals surface area contributed by atoms with Crippen LogP contribution < -0.4 is 0 Å². The van der Waals surface area contributed by atoms with Crippen molar-refractivity contribution in [1.82, 2.24) is 19.7 Å². The molecular weight excluding hydrogens is 376 g/mol. The highest BCUT2D eigenvalue weighted by atomic mass is 32.1. The number of thiazole rings is 1. The monoisotopic (exact) mass is 400 g/mol. The van der Waals surface area contributed by atoms with Gasteiger partial charge in [0.25, 0.3) is 11.8 Å². The molecule has 7 nitrogen and oxygen atoms in total. The minimum absolute atomic E-state index is 0.100. The summed E-state index contributed by atoms with van der Waals surface area (Å²) in [6, 6.07) is 7.46. The molecule has 0 aliphatic carbocycles. The highest BCUT2D eigenvalue weighted by Gasteiger charge is 2.57. The topological polar surface area (TPSA) is 73.8 Å². The summed E-state index contributed by atoms with van der Waals surface area (Å²) >= 11 is 1.39. The quantitative estimate of drug-likeness (QED) is 0.743. The molecule has 4 amide bonds. The van der Waals surface area contributed by atoms with E-state index in [9.17, 15) is 14.4 Å². The van der Waals surface area contributed by atoms with E-state index in [1.807, 2.05) is 38.1 Å². The maximum Gasteiger partial charge on any atom is 0.327 e. The molecule has 3 heterocycles. The van der Waals surface area contributed by atoms with Crippen LogP contribution in [-0.4, -0.2) is 69.8 Å². The van der Waals surface area contributed by atoms with Gasteiger partial charge >= 0.3 is 6.03 Å². The molecule has 0 saturated carbocycles. The number of piperidine rings is 1. The number of rotatable bonds is 3. The number of carbonyl (C=O) groups is 3. The smallest absolute Gasteiger partial charge is 0.327 e. The SMILES string of the molecule is CC(C)CN1C(=O)N(C)C(=O)C12CCN(C(=O)c1nc3ccccc3s1)CC2. The molecule has 148 valence electrons. The van der Waals surface area contributed by atoms with Crippen LogP contribution in [0.15, 0.2) is 24.3 Å². The molecule has 4 rings (SSSR count). The molecule has 0 unspecified atom stereocenters. The van der Waals surface area contributed by atoms with Gasteiger partial charge in [0.2, 0.25) is 0 Å². The van der Waals surface area contributed by atoms with Gasteiger partial charge in [0.1, 0.15) is 5.54 Å². The first-order valence-electron chi connectivity index (χ1n) is 9.58. The Hall–Kier alpha value is -2.48. The summed E-state index contributed by atoms with van der Waals surface area (Å²) in [4.78, 5) is 47.6. The van der Waals surface area contributed by atoms with Gasteiger partial charge in [-0.05, 0) is 30.9 Å². The molecule has 28 heavy (non-hydrogen) atoms. The van der Waals surface area contributed by atoms with Gasteiger partial charge < -0.3 is 9.80 Å². The van der Waals surface area contributed by atoms with E-state index in [0.29, 0.717) is 37.5 Å². The van der Waals surface area contributed by atoms with Crippen molar-refractivity contribution in [2.75, 3.05) is 26.7 Å². The molecule has 0 atom stereocenters. The predicted molar refractivity (Wildman–Crippen MR) is 107 cm³/mol. The first-order valence-corrected chi connectivity index (χ1v) is 10.4. The number of benzene rings is 1. The van der Waals surface area contributed by atoms with Crippen molar-refractivity contribution in [3.8, 4) is 0 Å². The van der Waals surface area contributed by atoms with Crippen molar-refractivity contribution in [3.63, 3.8) is 0 Å². The number of para-hydroxylation sites is 1. The molecule has 2 aromatic rings. The fourth-order valence-electron chi connectivity index (χ4n) is 4.16. The van der Waals surface area contributed by atoms with Gasteiger partial charge in [0.15, 0.2) is 5.01 Å². The number of imide groups is 1. The molecule has 0 bridgehead atoms. The Kier molecular flexibility index (Phi) is 4.61. The van der Waals surface area contributed by atoms with Gasteiger partial charge in [-0.15, -0.1) is 11.3 Å². The summed E-state index contributed by atoms with van der Waals surface area (Å²) < 4.78 is 0.987. The van der Waals surface area contributed by atoms with Crippen molar-refractivity contribution >= 4 is 39.4 Å². The third kappa shape index (κ3) is 2.87. The largest absolute Gasteiger partial charge is 0.336 e. The van der Waals surface area contributed by atoms with Crippen LogP contribution in [0, 0.1) is 5.92 Å². The highest BCUT2D eigenvalue weighted by molar-refractivity contribution is 7.20. The highest BCUT2D eigenvalue weighted by Crippen LogP contribution is 2.37. The van der Waals surface area contributed by atoms with Crippen LogP contribution in [0.2, 0.25) is 0 Å². The van der Waals surface area contributed by atoms with Crippen LogP contribution in [-0.2, 0) is 4.79 Å². The number of likely N-dealkylation sites (N-methyl/N-ethyl adjacent to an activating group) is 1. The van der Waals surface area contributed by atoms with E-state index in [2.05, 4.69) is 4.98 Å². The summed E-state index contributed by atoms with van der Waals surface area (Å²) in [6.45, 7) is 5.50. The molecule has 2 saturated heterocycles. The van der Waals surface area contributed by atoms with Crippen molar-refractivity contribution in [3.05, 3.63) is 29.3 Å². The zero-order valence-electron chi connectivity index (χ0n) is 16.3. The lowest BCUT2D eigenvalue weighted by Crippen LogP contribution is -2.58. The van der Waals surface area contributed by atoms with E-state index < -0.39 is 5.54 Å². The van der Waals surface area contributed by atoms with Crippen molar-refractivity contribution < 1.29 is 14.4 Å². The van der Waals surface area contributed by atoms with Crippen LogP contribution >= 0.6 is 11.3 Å². The van der Waals surface area contributed by atoms with E-state index in [-0.39, 0.29) is 23.8 Å². The van der Waals surface area contributed by atoms with Gasteiger partial charge in [0.05, 0.1) is 10.2 Å². The summed E-state index contributed by atoms with van der Waals surface area (Å²) in [5, 5.41) is 0.474. The Balaban J connectivity index is 1.53. The number of carbonyl (C=O) groups excluding carboxylic acids is 3. The summed E-state index contributed by atoms with van der Waals surface area (Å²) in [7, 11) is 1.55. The molecule has 8 heteroatoms. The van der Waals surface area contributed by atoms with Crippen LogP contribution in [0.3, 0.4) is 0 Å². The molecule has 1 aromatic heterocycles. The fraction of sp³-hybridized carbons (Fsp3) is 0.500. The molecule has 0 radical (unpaired) electrons. The minimum Gasteiger partial charge on any atom is -0.336 e. The maximum atomic E-state index is 12.9. The molecule has 2 fully saturated rings. The van der Waals surface area contributed by atoms with Crippen LogP contribution in [0.25, 0.3) is 10.2 Å². The average Bonchev–Trinajstić information content (AvgIpc) is 3.19. The van der Waals surface area contributed by atoms with Crippen LogP contribution in [0.4, 0.5) is 4.79 Å². The normalized spacial score (nSPS) is 19.5. The Bertz CT molecular complexity index is 913. The third-order valence-electron chi connectivity index (χ3n) is 5.64. The molecule has 0 N–H and O–H groups in total. The van der Waals surface area contributed by atoms with Crippen molar-refractivity contribution in [1.29, 1.82) is 0 Å². The van der Waals surface area contributed by atoms with Crippen molar-refractivity contribution in [2.24, 2.45) is 5.92 Å². The van der Waals surface area contributed by atoms with Gasteiger partial charge in [-0.25, -0.2) is 9.78 Å². The Morgan fingerprint density at radius 2 is 1.89 bits per heavy atom. The second-order valence-electron chi connectivity index (χ2n) is 7.96. The second kappa shape index (κ2) is 6.84. The van der Waals surface area contributed by atoms with E-state index in [1.165, 1.54) is 16.2 Å². The van der Waals surface area contributed by atoms with Crippen molar-refractivity contribution in [2.45, 2.75) is 32.2 Å². The fourth-order valence-corrected chi connectivity index (χ4v) is 5.09. The second-order valence-corrected chi connectivity index (χ2v) is 8.99. The van der Waals surface area contributed by atoms with Gasteiger partial charge in [-0.2, -0.15) is 0 Å². The number of hydrogen-bond donors (Lipinski definition) is 0. The maximum absolute atomic E-state index is 12.9. The lowest BCUT2D eigenvalue weighted by Gasteiger charge is -2.42. The molecule has 1 spiro atoms. The molecule has 2 aliphatic heterocycles. The number of fused-ring (bicyclic) bond motifs is 1. The lowest BCUT2D eigenvalue weighted by atomic mass is 9.85. The summed E-state index contributed by atoms with van der Waals surface area (Å²) in [5.41, 5.74) is 0.00568. The predicted octanol–water partition coefficient (Wildman–Crippen LogP) is 2.82. The third-order valence-corrected chi connectivity index (χ3v) is 6.66. The Labute approximate surface area is 167 Å². The molecule has 1 aromatic carbocycles. The molecular formula is C20H24N4O3S. The standard InChI is InChI=1S/C20H24N4O3S/c1-13(2)12-24-19(27)22(3)18(26)20(24)8-10-23(11-9-20)17(25)16-21-14-6-4-5-7-15(14)28-16/h4-7,13H,8-12H2,1-3H3. The number of likely N-dealkylation sites (tertiary alicyclic amines) is 1. The summed E-state index contributed by atoms with van der Waals surface area (Å²) in [6.07, 6.45) is 0.927. The van der Waals surface area contributed by atoms with Gasteiger partial charge in [-0.3, -0.25) is 14.5 Å². The zero-order valence-corrected chi connectivity index (χ0v) is 17.2. The van der Waals surface area contributed by atoms with E-state index in [4.69, 9.17) is 0 Å². The Morgan fingerprint density at radius 3 is 2.54 bits per heavy atom. The van der Waals surface area contributed by atoms with E-state index in [1.54, 1.807) is 16.8 Å².